The van der Waals surface area contributed by atoms with Crippen molar-refractivity contribution in [2.45, 2.75) is 31.8 Å². The molecule has 0 aromatic heterocycles. The van der Waals surface area contributed by atoms with Crippen molar-refractivity contribution in [2.24, 2.45) is 5.92 Å². The van der Waals surface area contributed by atoms with Gasteiger partial charge in [-0.15, -0.1) is 0 Å². The number of hydrogen-bond donors (Lipinski definition) is 3. The van der Waals surface area contributed by atoms with Crippen LogP contribution in [-0.2, 0) is 9.53 Å². The lowest BCUT2D eigenvalue weighted by Gasteiger charge is -2.31. The van der Waals surface area contributed by atoms with Crippen LogP contribution in [0.5, 0.6) is 0 Å². The number of morpholine rings is 1. The number of nitrogens with one attached hydrogen (secondary N) is 3. The second-order valence-electron chi connectivity index (χ2n) is 8.60. The van der Waals surface area contributed by atoms with Gasteiger partial charge in [-0.2, -0.15) is 0 Å². The molecule has 2 aromatic rings. The fourth-order valence-electron chi connectivity index (χ4n) is 3.89. The molecule has 0 spiro atoms. The molecular weight excluding hydrogens is 404 g/mol. The maximum atomic E-state index is 12.8. The summed E-state index contributed by atoms with van der Waals surface area (Å²) in [5, 5.41) is 9.13. The van der Waals surface area contributed by atoms with E-state index >= 15 is 0 Å². The summed E-state index contributed by atoms with van der Waals surface area (Å²) in [6.45, 7) is 5.88. The lowest BCUT2D eigenvalue weighted by atomic mass is 10.1. The molecule has 2 aliphatic rings. The molecule has 0 radical (unpaired) electrons. The molecule has 3 amide bonds. The topological polar surface area (TPSA) is 82.7 Å². The summed E-state index contributed by atoms with van der Waals surface area (Å²) in [5.41, 5.74) is 2.85. The molecule has 2 atom stereocenters. The standard InChI is InChI=1S/C25H32N4O3/c1-18(19-9-11-22(12-10-19)27-24(30)21-7-8-21)26-25(31)28-23(20-5-3-2-4-6-20)17-29-13-15-32-16-14-29/h2-6,9-12,18,21,23H,7-8,13-17H2,1H3,(H,27,30)(H2,26,28,31). The number of carbonyl (C=O) groups is 2. The quantitative estimate of drug-likeness (QED) is 0.592. The summed E-state index contributed by atoms with van der Waals surface area (Å²) < 4.78 is 5.45. The number of urea groups is 1. The van der Waals surface area contributed by atoms with Gasteiger partial charge >= 0.3 is 6.03 Å². The van der Waals surface area contributed by atoms with Gasteiger partial charge in [0, 0.05) is 31.2 Å². The Kier molecular flexibility index (Phi) is 7.39. The van der Waals surface area contributed by atoms with E-state index in [1.54, 1.807) is 0 Å². The second kappa shape index (κ2) is 10.6. The number of rotatable bonds is 8. The molecule has 4 rings (SSSR count). The normalized spacial score (nSPS) is 18.4. The van der Waals surface area contributed by atoms with Crippen LogP contribution in [0.4, 0.5) is 10.5 Å². The molecule has 7 heteroatoms. The average Bonchev–Trinajstić information content (AvgIpc) is 3.66. The predicted molar refractivity (Wildman–Crippen MR) is 124 cm³/mol. The minimum Gasteiger partial charge on any atom is -0.379 e. The Bertz CT molecular complexity index is 893. The largest absolute Gasteiger partial charge is 0.379 e. The molecule has 2 fully saturated rings. The van der Waals surface area contributed by atoms with Crippen molar-refractivity contribution in [1.29, 1.82) is 0 Å². The minimum absolute atomic E-state index is 0.0931. The first kappa shape index (κ1) is 22.3. The van der Waals surface area contributed by atoms with Crippen LogP contribution in [0, 0.1) is 5.92 Å². The second-order valence-corrected chi connectivity index (χ2v) is 8.60. The van der Waals surface area contributed by atoms with Crippen LogP contribution in [0.3, 0.4) is 0 Å². The highest BCUT2D eigenvalue weighted by Gasteiger charge is 2.29. The summed E-state index contributed by atoms with van der Waals surface area (Å²) >= 11 is 0. The van der Waals surface area contributed by atoms with Gasteiger partial charge in [-0.1, -0.05) is 42.5 Å². The lowest BCUT2D eigenvalue weighted by molar-refractivity contribution is -0.117. The summed E-state index contributed by atoms with van der Waals surface area (Å²) in [4.78, 5) is 27.1. The molecule has 3 N–H and O–H groups in total. The molecule has 1 saturated carbocycles. The molecule has 1 heterocycles. The number of anilines is 1. The maximum Gasteiger partial charge on any atom is 0.315 e. The predicted octanol–water partition coefficient (Wildman–Crippen LogP) is 3.47. The van der Waals surface area contributed by atoms with Crippen LogP contribution < -0.4 is 16.0 Å². The van der Waals surface area contributed by atoms with E-state index in [9.17, 15) is 9.59 Å². The van der Waals surface area contributed by atoms with E-state index in [0.29, 0.717) is 0 Å². The molecule has 1 saturated heterocycles. The average molecular weight is 437 g/mol. The number of amides is 3. The SMILES string of the molecule is CC(NC(=O)NC(CN1CCOCC1)c1ccccc1)c1ccc(NC(=O)C2CC2)cc1. The third-order valence-corrected chi connectivity index (χ3v) is 6.03. The van der Waals surface area contributed by atoms with Crippen molar-refractivity contribution in [2.75, 3.05) is 38.2 Å². The van der Waals surface area contributed by atoms with Gasteiger partial charge in [0.15, 0.2) is 0 Å². The molecule has 7 nitrogen and oxygen atoms in total. The third kappa shape index (κ3) is 6.31. The highest BCUT2D eigenvalue weighted by Crippen LogP contribution is 2.30. The number of benzene rings is 2. The highest BCUT2D eigenvalue weighted by atomic mass is 16.5. The van der Waals surface area contributed by atoms with Gasteiger partial charge in [-0.3, -0.25) is 9.69 Å². The molecule has 0 bridgehead atoms. The Labute approximate surface area is 189 Å². The zero-order valence-corrected chi connectivity index (χ0v) is 18.5. The third-order valence-electron chi connectivity index (χ3n) is 6.03. The van der Waals surface area contributed by atoms with E-state index in [1.165, 1.54) is 0 Å². The minimum atomic E-state index is -0.203. The van der Waals surface area contributed by atoms with Crippen molar-refractivity contribution in [1.82, 2.24) is 15.5 Å². The fraction of sp³-hybridized carbons (Fsp3) is 0.440. The molecule has 1 aliphatic heterocycles. The van der Waals surface area contributed by atoms with Crippen LogP contribution >= 0.6 is 0 Å². The highest BCUT2D eigenvalue weighted by molar-refractivity contribution is 5.94. The van der Waals surface area contributed by atoms with Gasteiger partial charge in [0.25, 0.3) is 0 Å². The van der Waals surface area contributed by atoms with Crippen LogP contribution in [0.2, 0.25) is 0 Å². The Morgan fingerprint density at radius 1 is 0.969 bits per heavy atom. The van der Waals surface area contributed by atoms with Gasteiger partial charge in [0.05, 0.1) is 25.3 Å². The molecule has 2 aromatic carbocycles. The van der Waals surface area contributed by atoms with E-state index in [2.05, 4.69) is 20.9 Å². The molecule has 32 heavy (non-hydrogen) atoms. The van der Waals surface area contributed by atoms with Crippen LogP contribution in [0.1, 0.15) is 43.0 Å². The van der Waals surface area contributed by atoms with Gasteiger partial charge in [-0.25, -0.2) is 4.79 Å². The van der Waals surface area contributed by atoms with Crippen molar-refractivity contribution in [3.63, 3.8) is 0 Å². The van der Waals surface area contributed by atoms with Crippen molar-refractivity contribution < 1.29 is 14.3 Å². The first-order valence-electron chi connectivity index (χ1n) is 11.4. The van der Waals surface area contributed by atoms with E-state index in [0.717, 1.165) is 62.5 Å². The van der Waals surface area contributed by atoms with E-state index in [-0.39, 0.29) is 29.9 Å². The summed E-state index contributed by atoms with van der Waals surface area (Å²) in [6.07, 6.45) is 1.96. The van der Waals surface area contributed by atoms with Crippen LogP contribution in [0.15, 0.2) is 54.6 Å². The van der Waals surface area contributed by atoms with Gasteiger partial charge in [0.2, 0.25) is 5.91 Å². The van der Waals surface area contributed by atoms with E-state index in [1.807, 2.05) is 61.5 Å². The molecule has 170 valence electrons. The summed E-state index contributed by atoms with van der Waals surface area (Å²) in [6, 6.07) is 17.2. The number of carbonyl (C=O) groups excluding carboxylic acids is 2. The zero-order valence-electron chi connectivity index (χ0n) is 18.5. The Balaban J connectivity index is 1.33. The Hall–Kier alpha value is -2.90. The number of hydrogen-bond acceptors (Lipinski definition) is 4. The zero-order chi connectivity index (χ0) is 22.3. The first-order chi connectivity index (χ1) is 15.6. The van der Waals surface area contributed by atoms with Crippen molar-refractivity contribution in [3.05, 3.63) is 65.7 Å². The van der Waals surface area contributed by atoms with Crippen molar-refractivity contribution in [3.8, 4) is 0 Å². The smallest absolute Gasteiger partial charge is 0.315 e. The van der Waals surface area contributed by atoms with Gasteiger partial charge in [-0.05, 0) is 43.0 Å². The van der Waals surface area contributed by atoms with Crippen LogP contribution in [-0.4, -0.2) is 49.7 Å². The van der Waals surface area contributed by atoms with E-state index in [4.69, 9.17) is 4.74 Å². The first-order valence-corrected chi connectivity index (χ1v) is 11.4. The number of ether oxygens (including phenoxy) is 1. The lowest BCUT2D eigenvalue weighted by Crippen LogP contribution is -2.46. The fourth-order valence-corrected chi connectivity index (χ4v) is 3.89. The monoisotopic (exact) mass is 436 g/mol. The molecule has 2 unspecified atom stereocenters. The summed E-state index contributed by atoms with van der Waals surface area (Å²) in [5.74, 6) is 0.268. The molecule has 1 aliphatic carbocycles. The van der Waals surface area contributed by atoms with E-state index < -0.39 is 0 Å². The number of nitrogens with zero attached hydrogens (tertiary/aromatic N) is 1. The van der Waals surface area contributed by atoms with Crippen LogP contribution in [0.25, 0.3) is 0 Å². The Morgan fingerprint density at radius 3 is 2.31 bits per heavy atom. The summed E-state index contributed by atoms with van der Waals surface area (Å²) in [7, 11) is 0. The van der Waals surface area contributed by atoms with Gasteiger partial charge in [0.1, 0.15) is 0 Å². The molecular formula is C25H32N4O3. The van der Waals surface area contributed by atoms with Crippen molar-refractivity contribution >= 4 is 17.6 Å². The maximum absolute atomic E-state index is 12.8. The Morgan fingerprint density at radius 2 is 1.66 bits per heavy atom. The van der Waals surface area contributed by atoms with Gasteiger partial charge < -0.3 is 20.7 Å².